The topological polar surface area (TPSA) is 74.5 Å². The second kappa shape index (κ2) is 8.43. The van der Waals surface area contributed by atoms with Crippen molar-refractivity contribution in [3.63, 3.8) is 0 Å². The van der Waals surface area contributed by atoms with Crippen molar-refractivity contribution in [1.82, 2.24) is 20.1 Å². The second-order valence-corrected chi connectivity index (χ2v) is 6.36. The molecule has 2 heterocycles. The van der Waals surface area contributed by atoms with E-state index in [1.807, 2.05) is 0 Å². The van der Waals surface area contributed by atoms with Gasteiger partial charge in [-0.15, -0.1) is 11.3 Å². The Morgan fingerprint density at radius 2 is 2.19 bits per heavy atom. The van der Waals surface area contributed by atoms with E-state index < -0.39 is 0 Å². The minimum Gasteiger partial charge on any atom is -0.351 e. The van der Waals surface area contributed by atoms with Crippen molar-refractivity contribution < 1.29 is 4.79 Å². The standard InChI is InChI=1S/C14H25N5OS/c1-18-7-9-19(10-8-18)6-2-5-16-14(20)12-11-21-13(17-12)3-4-15/h11H,2-10,15H2,1H3,(H,16,20). The average molecular weight is 311 g/mol. The van der Waals surface area contributed by atoms with E-state index >= 15 is 0 Å². The molecule has 0 aromatic carbocycles. The Hall–Kier alpha value is -1.02. The molecular weight excluding hydrogens is 286 g/mol. The van der Waals surface area contributed by atoms with Gasteiger partial charge in [0.05, 0.1) is 5.01 Å². The third kappa shape index (κ3) is 5.35. The molecule has 0 radical (unpaired) electrons. The highest BCUT2D eigenvalue weighted by Crippen LogP contribution is 2.09. The Morgan fingerprint density at radius 1 is 1.43 bits per heavy atom. The van der Waals surface area contributed by atoms with Gasteiger partial charge in [-0.05, 0) is 26.6 Å². The van der Waals surface area contributed by atoms with Crippen LogP contribution < -0.4 is 11.1 Å². The van der Waals surface area contributed by atoms with Crippen molar-refractivity contribution in [2.45, 2.75) is 12.8 Å². The molecule has 1 aliphatic heterocycles. The van der Waals surface area contributed by atoms with Crippen molar-refractivity contribution in [2.75, 3.05) is 52.9 Å². The summed E-state index contributed by atoms with van der Waals surface area (Å²) in [5.41, 5.74) is 6.00. The molecule has 0 bridgehead atoms. The second-order valence-electron chi connectivity index (χ2n) is 5.42. The highest BCUT2D eigenvalue weighted by Gasteiger charge is 2.13. The Kier molecular flexibility index (Phi) is 6.56. The summed E-state index contributed by atoms with van der Waals surface area (Å²) in [5.74, 6) is -0.0760. The number of amides is 1. The quantitative estimate of drug-likeness (QED) is 0.694. The zero-order valence-electron chi connectivity index (χ0n) is 12.7. The van der Waals surface area contributed by atoms with Crippen LogP contribution in [0.4, 0.5) is 0 Å². The van der Waals surface area contributed by atoms with Gasteiger partial charge in [0.1, 0.15) is 5.69 Å². The Morgan fingerprint density at radius 3 is 2.90 bits per heavy atom. The average Bonchev–Trinajstić information content (AvgIpc) is 2.94. The number of nitrogens with two attached hydrogens (primary N) is 1. The van der Waals surface area contributed by atoms with Crippen LogP contribution in [-0.2, 0) is 6.42 Å². The summed E-state index contributed by atoms with van der Waals surface area (Å²) < 4.78 is 0. The Bertz CT molecular complexity index is 442. The fourth-order valence-corrected chi connectivity index (χ4v) is 3.11. The van der Waals surface area contributed by atoms with Crippen LogP contribution in [0.5, 0.6) is 0 Å². The van der Waals surface area contributed by atoms with Crippen LogP contribution in [-0.4, -0.2) is 73.6 Å². The lowest BCUT2D eigenvalue weighted by atomic mass is 10.3. The van der Waals surface area contributed by atoms with Crippen LogP contribution in [0, 0.1) is 0 Å². The van der Waals surface area contributed by atoms with E-state index in [4.69, 9.17) is 5.73 Å². The SMILES string of the molecule is CN1CCN(CCCNC(=O)c2csc(CCN)n2)CC1. The van der Waals surface area contributed by atoms with Gasteiger partial charge in [0.2, 0.25) is 0 Å². The molecule has 1 fully saturated rings. The predicted octanol–water partition coefficient (Wildman–Crippen LogP) is 0.0116. The minimum atomic E-state index is -0.0760. The molecule has 0 aliphatic carbocycles. The van der Waals surface area contributed by atoms with Crippen molar-refractivity contribution >= 4 is 17.2 Å². The van der Waals surface area contributed by atoms with E-state index in [0.29, 0.717) is 18.8 Å². The summed E-state index contributed by atoms with van der Waals surface area (Å²) in [6.45, 7) is 6.83. The van der Waals surface area contributed by atoms with Gasteiger partial charge < -0.3 is 20.9 Å². The van der Waals surface area contributed by atoms with Crippen molar-refractivity contribution in [3.05, 3.63) is 16.1 Å². The normalized spacial score (nSPS) is 17.0. The zero-order valence-corrected chi connectivity index (χ0v) is 13.5. The number of nitrogens with one attached hydrogen (secondary N) is 1. The molecule has 1 saturated heterocycles. The minimum absolute atomic E-state index is 0.0760. The van der Waals surface area contributed by atoms with Gasteiger partial charge in [0.15, 0.2) is 0 Å². The zero-order chi connectivity index (χ0) is 15.1. The first kappa shape index (κ1) is 16.4. The molecule has 1 aromatic heterocycles. The van der Waals surface area contributed by atoms with Gasteiger partial charge >= 0.3 is 0 Å². The lowest BCUT2D eigenvalue weighted by molar-refractivity contribution is 0.0945. The first-order valence-corrected chi connectivity index (χ1v) is 8.40. The van der Waals surface area contributed by atoms with Gasteiger partial charge in [-0.3, -0.25) is 4.79 Å². The van der Waals surface area contributed by atoms with E-state index in [2.05, 4.69) is 27.1 Å². The Labute approximate surface area is 130 Å². The number of hydrogen-bond donors (Lipinski definition) is 2. The molecule has 1 amide bonds. The summed E-state index contributed by atoms with van der Waals surface area (Å²) in [5, 5.41) is 5.68. The maximum absolute atomic E-state index is 11.9. The molecule has 118 valence electrons. The van der Waals surface area contributed by atoms with E-state index in [0.717, 1.165) is 50.6 Å². The molecule has 1 aromatic rings. The molecule has 0 atom stereocenters. The molecule has 1 aliphatic rings. The molecule has 0 unspecified atom stereocenters. The van der Waals surface area contributed by atoms with Crippen LogP contribution in [0.25, 0.3) is 0 Å². The smallest absolute Gasteiger partial charge is 0.270 e. The highest BCUT2D eigenvalue weighted by molar-refractivity contribution is 7.09. The lowest BCUT2D eigenvalue weighted by Gasteiger charge is -2.32. The number of nitrogens with zero attached hydrogens (tertiary/aromatic N) is 3. The van der Waals surface area contributed by atoms with Crippen molar-refractivity contribution in [2.24, 2.45) is 5.73 Å². The Balaban J connectivity index is 1.62. The van der Waals surface area contributed by atoms with Crippen LogP contribution >= 0.6 is 11.3 Å². The number of piperazine rings is 1. The summed E-state index contributed by atoms with van der Waals surface area (Å²) >= 11 is 1.50. The number of rotatable bonds is 7. The van der Waals surface area contributed by atoms with E-state index in [-0.39, 0.29) is 5.91 Å². The maximum atomic E-state index is 11.9. The first-order chi connectivity index (χ1) is 10.2. The molecule has 6 nitrogen and oxygen atoms in total. The summed E-state index contributed by atoms with van der Waals surface area (Å²) in [6, 6.07) is 0. The maximum Gasteiger partial charge on any atom is 0.270 e. The molecule has 7 heteroatoms. The summed E-state index contributed by atoms with van der Waals surface area (Å²) in [6.07, 6.45) is 1.72. The summed E-state index contributed by atoms with van der Waals surface area (Å²) in [4.78, 5) is 21.0. The van der Waals surface area contributed by atoms with Crippen molar-refractivity contribution in [1.29, 1.82) is 0 Å². The molecule has 0 spiro atoms. The number of carbonyl (C=O) groups excluding carboxylic acids is 1. The molecule has 2 rings (SSSR count). The molecular formula is C14H25N5OS. The van der Waals surface area contributed by atoms with Gasteiger partial charge in [-0.25, -0.2) is 4.98 Å². The van der Waals surface area contributed by atoms with Crippen LogP contribution in [0.2, 0.25) is 0 Å². The third-order valence-electron chi connectivity index (χ3n) is 3.68. The summed E-state index contributed by atoms with van der Waals surface area (Å²) in [7, 11) is 2.16. The number of hydrogen-bond acceptors (Lipinski definition) is 6. The van der Waals surface area contributed by atoms with Gasteiger partial charge in [0.25, 0.3) is 5.91 Å². The monoisotopic (exact) mass is 311 g/mol. The van der Waals surface area contributed by atoms with E-state index in [9.17, 15) is 4.79 Å². The van der Waals surface area contributed by atoms with Crippen LogP contribution in [0.15, 0.2) is 5.38 Å². The van der Waals surface area contributed by atoms with Crippen LogP contribution in [0.3, 0.4) is 0 Å². The molecule has 3 N–H and O–H groups in total. The number of thiazole rings is 1. The lowest BCUT2D eigenvalue weighted by Crippen LogP contribution is -2.45. The predicted molar refractivity (Wildman–Crippen MR) is 85.8 cm³/mol. The van der Waals surface area contributed by atoms with E-state index in [1.54, 1.807) is 5.38 Å². The largest absolute Gasteiger partial charge is 0.351 e. The fraction of sp³-hybridized carbons (Fsp3) is 0.714. The number of likely N-dealkylation sites (N-methyl/N-ethyl adjacent to an activating group) is 1. The molecule has 21 heavy (non-hydrogen) atoms. The van der Waals surface area contributed by atoms with Gasteiger partial charge in [-0.1, -0.05) is 0 Å². The fourth-order valence-electron chi connectivity index (χ4n) is 2.32. The van der Waals surface area contributed by atoms with E-state index in [1.165, 1.54) is 11.3 Å². The molecule has 0 saturated carbocycles. The van der Waals surface area contributed by atoms with Gasteiger partial charge in [-0.2, -0.15) is 0 Å². The highest BCUT2D eigenvalue weighted by atomic mass is 32.1. The van der Waals surface area contributed by atoms with Crippen molar-refractivity contribution in [3.8, 4) is 0 Å². The number of aromatic nitrogens is 1. The van der Waals surface area contributed by atoms with Gasteiger partial charge in [0, 0.05) is 44.5 Å². The van der Waals surface area contributed by atoms with Crippen LogP contribution in [0.1, 0.15) is 21.9 Å². The number of carbonyl (C=O) groups is 1. The third-order valence-corrected chi connectivity index (χ3v) is 4.58. The first-order valence-electron chi connectivity index (χ1n) is 7.52.